The lowest BCUT2D eigenvalue weighted by Gasteiger charge is -2.02. The van der Waals surface area contributed by atoms with Gasteiger partial charge >= 0.3 is 5.97 Å². The van der Waals surface area contributed by atoms with Crippen molar-refractivity contribution in [2.24, 2.45) is 0 Å². The van der Waals surface area contributed by atoms with Crippen LogP contribution in [-0.4, -0.2) is 25.6 Å². The first-order valence-electron chi connectivity index (χ1n) is 8.13. The molecule has 136 valence electrons. The Labute approximate surface area is 154 Å². The summed E-state index contributed by atoms with van der Waals surface area (Å²) in [7, 11) is 1.59. The minimum atomic E-state index is -0.370. The third-order valence-electron chi connectivity index (χ3n) is 3.86. The molecule has 0 bridgehead atoms. The minimum absolute atomic E-state index is 0.172. The number of carbonyl (C=O) groups is 2. The maximum absolute atomic E-state index is 12.4. The molecular weight excluding hydrogens is 354 g/mol. The monoisotopic (exact) mass is 373 g/mol. The van der Waals surface area contributed by atoms with E-state index in [1.165, 1.54) is 11.3 Å². The number of fused-ring (bicyclic) bond motifs is 1. The van der Waals surface area contributed by atoms with E-state index in [-0.39, 0.29) is 18.3 Å². The fourth-order valence-corrected chi connectivity index (χ4v) is 3.61. The van der Waals surface area contributed by atoms with Gasteiger partial charge in [0.2, 0.25) is 5.91 Å². The van der Waals surface area contributed by atoms with Crippen LogP contribution >= 0.6 is 11.3 Å². The summed E-state index contributed by atoms with van der Waals surface area (Å²) in [6, 6.07) is 7.25. The van der Waals surface area contributed by atoms with Crippen molar-refractivity contribution in [2.75, 3.05) is 19.0 Å². The number of methoxy groups -OCH3 is 1. The molecule has 0 unspecified atom stereocenters. The largest absolute Gasteiger partial charge is 0.497 e. The summed E-state index contributed by atoms with van der Waals surface area (Å²) in [4.78, 5) is 24.8. The zero-order chi connectivity index (χ0) is 18.7. The average molecular weight is 373 g/mol. The highest BCUT2D eigenvalue weighted by atomic mass is 32.1. The van der Waals surface area contributed by atoms with Gasteiger partial charge in [-0.15, -0.1) is 11.3 Å². The second kappa shape index (κ2) is 7.61. The smallest absolute Gasteiger partial charge is 0.348 e. The number of esters is 1. The van der Waals surface area contributed by atoms with Crippen LogP contribution in [0.3, 0.4) is 0 Å². The summed E-state index contributed by atoms with van der Waals surface area (Å²) in [5.41, 5.74) is 2.24. The van der Waals surface area contributed by atoms with Gasteiger partial charge in [0.15, 0.2) is 0 Å². The molecule has 0 spiro atoms. The van der Waals surface area contributed by atoms with Gasteiger partial charge in [-0.3, -0.25) is 4.79 Å². The van der Waals surface area contributed by atoms with Crippen LogP contribution < -0.4 is 10.1 Å². The van der Waals surface area contributed by atoms with Crippen LogP contribution in [0.2, 0.25) is 0 Å². The van der Waals surface area contributed by atoms with Gasteiger partial charge in [-0.05, 0) is 37.6 Å². The normalized spacial score (nSPS) is 10.7. The van der Waals surface area contributed by atoms with Crippen molar-refractivity contribution in [1.82, 2.24) is 0 Å². The maximum atomic E-state index is 12.4. The van der Waals surface area contributed by atoms with Crippen LogP contribution in [0.25, 0.3) is 11.0 Å². The number of amides is 1. The van der Waals surface area contributed by atoms with Gasteiger partial charge in [0.05, 0.1) is 31.4 Å². The van der Waals surface area contributed by atoms with E-state index >= 15 is 0 Å². The van der Waals surface area contributed by atoms with Crippen molar-refractivity contribution in [3.05, 3.63) is 46.5 Å². The summed E-state index contributed by atoms with van der Waals surface area (Å²) in [5, 5.41) is 4.32. The Kier molecular flexibility index (Phi) is 5.27. The molecule has 0 aliphatic carbocycles. The Morgan fingerprint density at radius 2 is 2.08 bits per heavy atom. The molecule has 1 aromatic carbocycles. The van der Waals surface area contributed by atoms with E-state index in [0.717, 1.165) is 16.5 Å². The van der Waals surface area contributed by atoms with Crippen LogP contribution in [0.15, 0.2) is 34.9 Å². The lowest BCUT2D eigenvalue weighted by Crippen LogP contribution is -2.13. The molecular formula is C19H19NO5S. The van der Waals surface area contributed by atoms with E-state index < -0.39 is 0 Å². The predicted octanol–water partition coefficient (Wildman–Crippen LogP) is 4.17. The number of ether oxygens (including phenoxy) is 2. The molecule has 0 saturated carbocycles. The van der Waals surface area contributed by atoms with Crippen LogP contribution in [-0.2, 0) is 16.0 Å². The molecule has 7 heteroatoms. The van der Waals surface area contributed by atoms with Crippen molar-refractivity contribution >= 4 is 39.2 Å². The highest BCUT2D eigenvalue weighted by Crippen LogP contribution is 2.29. The number of anilines is 1. The number of aryl methyl sites for hydroxylation is 1. The maximum Gasteiger partial charge on any atom is 0.348 e. The topological polar surface area (TPSA) is 77.8 Å². The molecule has 0 saturated heterocycles. The second-order valence-corrected chi connectivity index (χ2v) is 6.74. The molecule has 0 aliphatic heterocycles. The SMILES string of the molecule is CCOC(=O)c1sc(NC(=O)Cc2coc3cc(OC)ccc23)cc1C. The van der Waals surface area contributed by atoms with Crippen molar-refractivity contribution in [3.63, 3.8) is 0 Å². The first-order valence-corrected chi connectivity index (χ1v) is 8.95. The number of carbonyl (C=O) groups excluding carboxylic acids is 2. The molecule has 1 N–H and O–H groups in total. The molecule has 1 amide bonds. The van der Waals surface area contributed by atoms with Gasteiger partial charge in [0, 0.05) is 17.0 Å². The summed E-state index contributed by atoms with van der Waals surface area (Å²) >= 11 is 1.21. The van der Waals surface area contributed by atoms with E-state index in [4.69, 9.17) is 13.9 Å². The van der Waals surface area contributed by atoms with Gasteiger partial charge in [0.25, 0.3) is 0 Å². The van der Waals surface area contributed by atoms with Gasteiger partial charge in [-0.1, -0.05) is 0 Å². The van der Waals surface area contributed by atoms with E-state index in [0.29, 0.717) is 27.8 Å². The van der Waals surface area contributed by atoms with E-state index in [1.54, 1.807) is 32.4 Å². The number of rotatable bonds is 6. The lowest BCUT2D eigenvalue weighted by molar-refractivity contribution is -0.115. The van der Waals surface area contributed by atoms with E-state index in [1.807, 2.05) is 19.1 Å². The fourth-order valence-electron chi connectivity index (χ4n) is 2.62. The van der Waals surface area contributed by atoms with Crippen LogP contribution in [0.5, 0.6) is 5.75 Å². The second-order valence-electron chi connectivity index (χ2n) is 5.69. The minimum Gasteiger partial charge on any atom is -0.497 e. The first-order chi connectivity index (χ1) is 12.5. The van der Waals surface area contributed by atoms with Gasteiger partial charge in [-0.2, -0.15) is 0 Å². The molecule has 0 fully saturated rings. The Morgan fingerprint density at radius 1 is 1.27 bits per heavy atom. The number of nitrogens with one attached hydrogen (secondary N) is 1. The summed E-state index contributed by atoms with van der Waals surface area (Å²) in [6.07, 6.45) is 1.75. The van der Waals surface area contributed by atoms with Crippen LogP contribution in [0, 0.1) is 6.92 Å². The number of hydrogen-bond acceptors (Lipinski definition) is 6. The average Bonchev–Trinajstić information content (AvgIpc) is 3.18. The third kappa shape index (κ3) is 3.72. The van der Waals surface area contributed by atoms with Crippen molar-refractivity contribution in [3.8, 4) is 5.75 Å². The summed E-state index contributed by atoms with van der Waals surface area (Å²) in [6.45, 7) is 3.89. The molecule has 2 aromatic heterocycles. The Hall–Kier alpha value is -2.80. The quantitative estimate of drug-likeness (QED) is 0.656. The molecule has 3 rings (SSSR count). The van der Waals surface area contributed by atoms with Gasteiger partial charge < -0.3 is 19.2 Å². The van der Waals surface area contributed by atoms with E-state index in [9.17, 15) is 9.59 Å². The molecule has 3 aromatic rings. The molecule has 0 aliphatic rings. The highest BCUT2D eigenvalue weighted by molar-refractivity contribution is 7.18. The summed E-state index contributed by atoms with van der Waals surface area (Å²) < 4.78 is 15.7. The number of benzene rings is 1. The highest BCUT2D eigenvalue weighted by Gasteiger charge is 2.17. The Morgan fingerprint density at radius 3 is 2.81 bits per heavy atom. The van der Waals surface area contributed by atoms with Crippen LogP contribution in [0.4, 0.5) is 5.00 Å². The zero-order valence-corrected chi connectivity index (χ0v) is 15.6. The zero-order valence-electron chi connectivity index (χ0n) is 14.8. The predicted molar refractivity (Wildman–Crippen MR) is 100 cm³/mol. The van der Waals surface area contributed by atoms with Gasteiger partial charge in [-0.25, -0.2) is 4.79 Å². The third-order valence-corrected chi connectivity index (χ3v) is 4.99. The number of thiophene rings is 1. The van der Waals surface area contributed by atoms with Crippen molar-refractivity contribution < 1.29 is 23.5 Å². The Balaban J connectivity index is 1.71. The van der Waals surface area contributed by atoms with Crippen LogP contribution in [0.1, 0.15) is 27.7 Å². The molecule has 0 radical (unpaired) electrons. The summed E-state index contributed by atoms with van der Waals surface area (Å²) in [5.74, 6) is 0.147. The molecule has 6 nitrogen and oxygen atoms in total. The van der Waals surface area contributed by atoms with Gasteiger partial charge in [0.1, 0.15) is 16.2 Å². The molecule has 26 heavy (non-hydrogen) atoms. The standard InChI is InChI=1S/C19H19NO5S/c1-4-24-19(22)18-11(2)7-17(26-18)20-16(21)8-12-10-25-15-9-13(23-3)5-6-14(12)15/h5-7,9-10H,4,8H2,1-3H3,(H,20,21). The first kappa shape index (κ1) is 18.0. The molecule has 0 atom stereocenters. The van der Waals surface area contributed by atoms with E-state index in [2.05, 4.69) is 5.32 Å². The number of hydrogen-bond donors (Lipinski definition) is 1. The molecule has 2 heterocycles. The lowest BCUT2D eigenvalue weighted by atomic mass is 10.1. The van der Waals surface area contributed by atoms with Crippen molar-refractivity contribution in [1.29, 1.82) is 0 Å². The number of furan rings is 1. The fraction of sp³-hybridized carbons (Fsp3) is 0.263. The van der Waals surface area contributed by atoms with Crippen molar-refractivity contribution in [2.45, 2.75) is 20.3 Å². The Bertz CT molecular complexity index is 956.